The number of ether oxygens (including phenoxy) is 2. The van der Waals surface area contributed by atoms with Crippen molar-refractivity contribution in [3.63, 3.8) is 0 Å². The van der Waals surface area contributed by atoms with E-state index in [-0.39, 0.29) is 28.5 Å². The van der Waals surface area contributed by atoms with Crippen molar-refractivity contribution in [3.8, 4) is 11.4 Å². The lowest BCUT2D eigenvalue weighted by atomic mass is 10.0. The maximum absolute atomic E-state index is 12.8. The standard InChI is InChI=1S/C24H31ClN4O4/c1-16(2)23(30)28-10-9-20(14-28)33-19-7-5-18(6-8-19)29-24(31)22(25)21(13-27-29)26-12-17-4-3-11-32-15-17/h5-8,13,16-17,20,26H,3-4,9-12,14-15H2,1-2H3/t17-,20-/m1/s1. The molecule has 0 spiro atoms. The maximum atomic E-state index is 12.8. The number of aromatic nitrogens is 2. The highest BCUT2D eigenvalue weighted by Gasteiger charge is 2.28. The van der Waals surface area contributed by atoms with Crippen molar-refractivity contribution in [1.82, 2.24) is 14.7 Å². The van der Waals surface area contributed by atoms with Gasteiger partial charge in [0.1, 0.15) is 16.9 Å². The lowest BCUT2D eigenvalue weighted by Crippen LogP contribution is -2.33. The molecule has 4 rings (SSSR count). The lowest BCUT2D eigenvalue weighted by Gasteiger charge is -2.22. The van der Waals surface area contributed by atoms with E-state index in [1.807, 2.05) is 18.7 Å². The van der Waals surface area contributed by atoms with Gasteiger partial charge in [0.05, 0.1) is 30.7 Å². The molecule has 0 bridgehead atoms. The molecule has 1 aromatic heterocycles. The number of carbonyl (C=O) groups is 1. The average Bonchev–Trinajstić information content (AvgIpc) is 3.29. The molecule has 178 valence electrons. The van der Waals surface area contributed by atoms with Crippen LogP contribution >= 0.6 is 11.6 Å². The molecule has 2 saturated heterocycles. The molecule has 2 aliphatic heterocycles. The Kier molecular flexibility index (Phi) is 7.55. The van der Waals surface area contributed by atoms with Gasteiger partial charge < -0.3 is 19.7 Å². The van der Waals surface area contributed by atoms with E-state index < -0.39 is 0 Å². The zero-order valence-electron chi connectivity index (χ0n) is 19.1. The molecule has 8 nitrogen and oxygen atoms in total. The van der Waals surface area contributed by atoms with Gasteiger partial charge in [-0.3, -0.25) is 9.59 Å². The molecule has 0 unspecified atom stereocenters. The van der Waals surface area contributed by atoms with Crippen molar-refractivity contribution in [2.45, 2.75) is 39.2 Å². The first-order chi connectivity index (χ1) is 15.9. The summed E-state index contributed by atoms with van der Waals surface area (Å²) < 4.78 is 12.8. The Morgan fingerprint density at radius 3 is 2.79 bits per heavy atom. The fourth-order valence-electron chi connectivity index (χ4n) is 4.21. The van der Waals surface area contributed by atoms with Gasteiger partial charge in [-0.1, -0.05) is 25.4 Å². The second kappa shape index (κ2) is 10.6. The van der Waals surface area contributed by atoms with Crippen LogP contribution in [-0.2, 0) is 9.53 Å². The predicted octanol–water partition coefficient (Wildman–Crippen LogP) is 3.36. The van der Waals surface area contributed by atoms with Gasteiger partial charge >= 0.3 is 0 Å². The van der Waals surface area contributed by atoms with Gasteiger partial charge in [0.25, 0.3) is 5.56 Å². The molecule has 3 heterocycles. The summed E-state index contributed by atoms with van der Waals surface area (Å²) in [6.45, 7) is 7.35. The molecule has 1 aromatic carbocycles. The van der Waals surface area contributed by atoms with E-state index in [1.165, 1.54) is 4.68 Å². The van der Waals surface area contributed by atoms with Gasteiger partial charge in [0.2, 0.25) is 5.91 Å². The summed E-state index contributed by atoms with van der Waals surface area (Å²) in [5.41, 5.74) is 0.753. The van der Waals surface area contributed by atoms with Crippen molar-refractivity contribution in [3.05, 3.63) is 45.8 Å². The van der Waals surface area contributed by atoms with Crippen molar-refractivity contribution >= 4 is 23.2 Å². The highest BCUT2D eigenvalue weighted by atomic mass is 35.5. The minimum absolute atomic E-state index is 0.0106. The normalized spacial score (nSPS) is 20.8. The summed E-state index contributed by atoms with van der Waals surface area (Å²) >= 11 is 6.35. The van der Waals surface area contributed by atoms with E-state index in [1.54, 1.807) is 30.5 Å². The molecule has 0 aliphatic carbocycles. The first kappa shape index (κ1) is 23.6. The number of hydrogen-bond acceptors (Lipinski definition) is 6. The zero-order valence-corrected chi connectivity index (χ0v) is 19.9. The first-order valence-electron chi connectivity index (χ1n) is 11.6. The number of anilines is 1. The number of nitrogens with one attached hydrogen (secondary N) is 1. The fraction of sp³-hybridized carbons (Fsp3) is 0.542. The molecule has 2 aromatic rings. The quantitative estimate of drug-likeness (QED) is 0.662. The van der Waals surface area contributed by atoms with Gasteiger partial charge in [0, 0.05) is 32.0 Å². The van der Waals surface area contributed by atoms with Crippen LogP contribution in [0.25, 0.3) is 5.69 Å². The second-order valence-corrected chi connectivity index (χ2v) is 9.39. The second-order valence-electron chi connectivity index (χ2n) is 9.01. The number of benzene rings is 1. The van der Waals surface area contributed by atoms with Crippen molar-refractivity contribution in [2.75, 3.05) is 38.2 Å². The van der Waals surface area contributed by atoms with Crippen molar-refractivity contribution in [1.29, 1.82) is 0 Å². The molecule has 1 amide bonds. The summed E-state index contributed by atoms with van der Waals surface area (Å²) in [6.07, 6.45) is 4.49. The molecule has 9 heteroatoms. The highest BCUT2D eigenvalue weighted by molar-refractivity contribution is 6.32. The number of nitrogens with zero attached hydrogens (tertiary/aromatic N) is 3. The SMILES string of the molecule is CC(C)C(=O)N1CC[C@@H](Oc2ccc(-n3ncc(NC[C@H]4CCCOC4)c(Cl)c3=O)cc2)C1. The molecular weight excluding hydrogens is 444 g/mol. The third kappa shape index (κ3) is 5.68. The summed E-state index contributed by atoms with van der Waals surface area (Å²) in [5, 5.41) is 7.64. The van der Waals surface area contributed by atoms with Crippen LogP contribution < -0.4 is 15.6 Å². The minimum atomic E-state index is -0.381. The van der Waals surface area contributed by atoms with Crippen molar-refractivity contribution < 1.29 is 14.3 Å². The summed E-state index contributed by atoms with van der Waals surface area (Å²) in [4.78, 5) is 26.8. The number of halogens is 1. The Hall–Kier alpha value is -2.58. The zero-order chi connectivity index (χ0) is 23.4. The van der Waals surface area contributed by atoms with Gasteiger partial charge in [-0.05, 0) is 43.0 Å². The first-order valence-corrected chi connectivity index (χ1v) is 12.0. The van der Waals surface area contributed by atoms with E-state index in [4.69, 9.17) is 21.1 Å². The van der Waals surface area contributed by atoms with Crippen LogP contribution in [0.2, 0.25) is 5.02 Å². The molecule has 2 atom stereocenters. The van der Waals surface area contributed by atoms with Gasteiger partial charge in [-0.25, -0.2) is 0 Å². The molecule has 2 aliphatic rings. The summed E-state index contributed by atoms with van der Waals surface area (Å²) in [5.74, 6) is 1.24. The van der Waals surface area contributed by atoms with Gasteiger partial charge in [-0.2, -0.15) is 9.78 Å². The number of hydrogen-bond donors (Lipinski definition) is 1. The number of carbonyl (C=O) groups excluding carboxylic acids is 1. The molecule has 0 saturated carbocycles. The van der Waals surface area contributed by atoms with E-state index in [9.17, 15) is 9.59 Å². The van der Waals surface area contributed by atoms with E-state index in [2.05, 4.69) is 10.4 Å². The summed E-state index contributed by atoms with van der Waals surface area (Å²) in [7, 11) is 0. The van der Waals surface area contributed by atoms with E-state index in [0.717, 1.165) is 32.5 Å². The maximum Gasteiger partial charge on any atom is 0.292 e. The van der Waals surface area contributed by atoms with Crippen LogP contribution in [0, 0.1) is 11.8 Å². The Balaban J connectivity index is 1.38. The van der Waals surface area contributed by atoms with Crippen LogP contribution in [-0.4, -0.2) is 59.5 Å². The van der Waals surface area contributed by atoms with Crippen LogP contribution in [0.15, 0.2) is 35.3 Å². The smallest absolute Gasteiger partial charge is 0.292 e. The molecule has 0 radical (unpaired) electrons. The fourth-order valence-corrected chi connectivity index (χ4v) is 4.41. The van der Waals surface area contributed by atoms with Gasteiger partial charge in [-0.15, -0.1) is 0 Å². The Morgan fingerprint density at radius 2 is 2.09 bits per heavy atom. The number of amides is 1. The molecule has 2 fully saturated rings. The van der Waals surface area contributed by atoms with Crippen LogP contribution in [0.4, 0.5) is 5.69 Å². The van der Waals surface area contributed by atoms with Crippen LogP contribution in [0.3, 0.4) is 0 Å². The van der Waals surface area contributed by atoms with Crippen LogP contribution in [0.1, 0.15) is 33.1 Å². The Morgan fingerprint density at radius 1 is 1.30 bits per heavy atom. The average molecular weight is 475 g/mol. The summed E-state index contributed by atoms with van der Waals surface area (Å²) in [6, 6.07) is 7.16. The highest BCUT2D eigenvalue weighted by Crippen LogP contribution is 2.23. The third-order valence-electron chi connectivity index (χ3n) is 6.09. The minimum Gasteiger partial charge on any atom is -0.489 e. The number of rotatable bonds is 7. The predicted molar refractivity (Wildman–Crippen MR) is 127 cm³/mol. The Labute approximate surface area is 198 Å². The van der Waals surface area contributed by atoms with E-state index >= 15 is 0 Å². The van der Waals surface area contributed by atoms with E-state index in [0.29, 0.717) is 42.7 Å². The Bertz CT molecular complexity index is 1020. The largest absolute Gasteiger partial charge is 0.489 e. The lowest BCUT2D eigenvalue weighted by molar-refractivity contribution is -0.133. The third-order valence-corrected chi connectivity index (χ3v) is 6.45. The monoisotopic (exact) mass is 474 g/mol. The topological polar surface area (TPSA) is 85.7 Å². The van der Waals surface area contributed by atoms with Crippen molar-refractivity contribution in [2.24, 2.45) is 11.8 Å². The van der Waals surface area contributed by atoms with Gasteiger partial charge in [0.15, 0.2) is 0 Å². The number of likely N-dealkylation sites (tertiary alicyclic amines) is 1. The van der Waals surface area contributed by atoms with Crippen LogP contribution in [0.5, 0.6) is 5.75 Å². The molecule has 33 heavy (non-hydrogen) atoms. The molecular formula is C24H31ClN4O4. The molecule has 1 N–H and O–H groups in total.